The van der Waals surface area contributed by atoms with Gasteiger partial charge < -0.3 is 20.1 Å². The van der Waals surface area contributed by atoms with Crippen LogP contribution in [0, 0.1) is 13.8 Å². The largest absolute Gasteiger partial charge is 0.492 e. The average molecular weight is 473 g/mol. The Hall–Kier alpha value is -3.84. The van der Waals surface area contributed by atoms with Crippen LogP contribution in [0.15, 0.2) is 78.9 Å². The fraction of sp³-hybridized carbons (Fsp3) is 0.185. The maximum Gasteiger partial charge on any atom is 0.175 e. The summed E-state index contributed by atoms with van der Waals surface area (Å²) < 4.78 is 13.6. The molecule has 6 nitrogen and oxygen atoms in total. The number of nitrogens with one attached hydrogen (secondary N) is 2. The van der Waals surface area contributed by atoms with Crippen LogP contribution in [0.4, 0.5) is 11.4 Å². The molecule has 3 aromatic carbocycles. The number of aryl methyl sites for hydroxylation is 1. The smallest absolute Gasteiger partial charge is 0.175 e. The van der Waals surface area contributed by atoms with Crippen molar-refractivity contribution in [3.63, 3.8) is 0 Å². The van der Waals surface area contributed by atoms with Gasteiger partial charge in [0.15, 0.2) is 5.11 Å². The summed E-state index contributed by atoms with van der Waals surface area (Å²) in [5, 5.41) is 11.7. The Balaban J connectivity index is 1.46. The lowest BCUT2D eigenvalue weighted by Crippen LogP contribution is -2.20. The number of hydrogen-bond donors (Lipinski definition) is 2. The van der Waals surface area contributed by atoms with Crippen molar-refractivity contribution in [2.24, 2.45) is 0 Å². The van der Waals surface area contributed by atoms with Gasteiger partial charge in [-0.15, -0.1) is 0 Å². The van der Waals surface area contributed by atoms with Crippen molar-refractivity contribution in [2.45, 2.75) is 27.3 Å². The highest BCUT2D eigenvalue weighted by Gasteiger charge is 2.14. The highest BCUT2D eigenvalue weighted by molar-refractivity contribution is 7.80. The van der Waals surface area contributed by atoms with Crippen LogP contribution in [0.25, 0.3) is 0 Å². The molecule has 0 aliphatic heterocycles. The summed E-state index contributed by atoms with van der Waals surface area (Å²) in [5.41, 5.74) is 4.67. The summed E-state index contributed by atoms with van der Waals surface area (Å²) in [6.07, 6.45) is 0. The molecule has 0 aliphatic rings. The Morgan fingerprint density at radius 3 is 2.44 bits per heavy atom. The van der Waals surface area contributed by atoms with Crippen molar-refractivity contribution < 1.29 is 9.47 Å². The predicted molar refractivity (Wildman–Crippen MR) is 141 cm³/mol. The lowest BCUT2D eigenvalue weighted by molar-refractivity contribution is 0.342. The fourth-order valence-corrected chi connectivity index (χ4v) is 3.87. The number of para-hydroxylation sites is 3. The van der Waals surface area contributed by atoms with Gasteiger partial charge in [0.05, 0.1) is 35.9 Å². The van der Waals surface area contributed by atoms with E-state index >= 15 is 0 Å². The molecular formula is C27H28N4O2S. The zero-order valence-corrected chi connectivity index (χ0v) is 20.4. The summed E-state index contributed by atoms with van der Waals surface area (Å²) in [7, 11) is 0. The molecule has 0 aliphatic carbocycles. The second-order valence-corrected chi connectivity index (χ2v) is 8.18. The van der Waals surface area contributed by atoms with Gasteiger partial charge in [0, 0.05) is 0 Å². The normalized spacial score (nSPS) is 10.6. The van der Waals surface area contributed by atoms with Gasteiger partial charge in [-0.05, 0) is 75.0 Å². The maximum absolute atomic E-state index is 5.97. The molecule has 0 saturated heterocycles. The molecule has 34 heavy (non-hydrogen) atoms. The third-order valence-electron chi connectivity index (χ3n) is 5.26. The number of ether oxygens (including phenoxy) is 2. The molecule has 1 aromatic heterocycles. The Bertz CT molecular complexity index is 1270. The number of nitrogens with zero attached hydrogens (tertiary/aromatic N) is 2. The van der Waals surface area contributed by atoms with Crippen molar-refractivity contribution in [3.8, 4) is 17.2 Å². The second-order valence-electron chi connectivity index (χ2n) is 7.77. The lowest BCUT2D eigenvalue weighted by Gasteiger charge is -2.14. The first kappa shape index (κ1) is 23.3. The zero-order chi connectivity index (χ0) is 23.9. The van der Waals surface area contributed by atoms with Crippen LogP contribution in [0.1, 0.15) is 23.9 Å². The van der Waals surface area contributed by atoms with Crippen LogP contribution in [0.3, 0.4) is 0 Å². The number of thiocarbonyl (C=S) groups is 1. The molecule has 1 heterocycles. The Morgan fingerprint density at radius 1 is 0.912 bits per heavy atom. The molecule has 4 rings (SSSR count). The van der Waals surface area contributed by atoms with Crippen LogP contribution in [0.5, 0.6) is 17.2 Å². The molecule has 7 heteroatoms. The van der Waals surface area contributed by atoms with Gasteiger partial charge in [-0.3, -0.25) is 4.68 Å². The summed E-state index contributed by atoms with van der Waals surface area (Å²) in [6, 6.07) is 25.5. The minimum Gasteiger partial charge on any atom is -0.492 e. The van der Waals surface area contributed by atoms with Crippen molar-refractivity contribution in [2.75, 3.05) is 17.2 Å². The molecule has 0 radical (unpaired) electrons. The standard InChI is InChI=1S/C27H28N4O2S/c1-4-32-25-16-9-8-15-24(25)28-27(34)29-26-19(2)30-31(20(26)3)18-21-11-10-14-23(17-21)33-22-12-6-5-7-13-22/h5-17H,4,18H2,1-3H3,(H2,28,29,34). The van der Waals surface area contributed by atoms with E-state index in [2.05, 4.69) is 16.7 Å². The third kappa shape index (κ3) is 5.74. The Labute approximate surface area is 205 Å². The van der Waals surface area contributed by atoms with Crippen LogP contribution in [0.2, 0.25) is 0 Å². The summed E-state index contributed by atoms with van der Waals surface area (Å²) >= 11 is 5.57. The Morgan fingerprint density at radius 2 is 1.65 bits per heavy atom. The monoisotopic (exact) mass is 472 g/mol. The zero-order valence-electron chi connectivity index (χ0n) is 19.5. The number of benzene rings is 3. The molecule has 0 unspecified atom stereocenters. The van der Waals surface area contributed by atoms with Crippen molar-refractivity contribution in [1.29, 1.82) is 0 Å². The number of hydrogen-bond acceptors (Lipinski definition) is 4. The summed E-state index contributed by atoms with van der Waals surface area (Å²) in [5.74, 6) is 2.36. The third-order valence-corrected chi connectivity index (χ3v) is 5.47. The van der Waals surface area contributed by atoms with Crippen molar-refractivity contribution in [3.05, 3.63) is 95.8 Å². The van der Waals surface area contributed by atoms with Gasteiger partial charge in [-0.25, -0.2) is 0 Å². The topological polar surface area (TPSA) is 60.3 Å². The molecule has 4 aromatic rings. The first-order valence-electron chi connectivity index (χ1n) is 11.2. The molecule has 0 bridgehead atoms. The quantitative estimate of drug-likeness (QED) is 0.284. The van der Waals surface area contributed by atoms with Crippen molar-refractivity contribution >= 4 is 28.7 Å². The number of rotatable bonds is 8. The minimum atomic E-state index is 0.483. The number of aromatic nitrogens is 2. The van der Waals surface area contributed by atoms with Gasteiger partial charge in [0.2, 0.25) is 0 Å². The van der Waals surface area contributed by atoms with Crippen LogP contribution in [-0.2, 0) is 6.54 Å². The van der Waals surface area contributed by atoms with E-state index in [1.807, 2.05) is 98.2 Å². The maximum atomic E-state index is 5.97. The summed E-state index contributed by atoms with van der Waals surface area (Å²) in [4.78, 5) is 0. The van der Waals surface area contributed by atoms with Crippen LogP contribution < -0.4 is 20.1 Å². The van der Waals surface area contributed by atoms with Gasteiger partial charge in [-0.1, -0.05) is 42.5 Å². The lowest BCUT2D eigenvalue weighted by atomic mass is 10.2. The second kappa shape index (κ2) is 10.9. The highest BCUT2D eigenvalue weighted by Crippen LogP contribution is 2.26. The minimum absolute atomic E-state index is 0.483. The summed E-state index contributed by atoms with van der Waals surface area (Å²) in [6.45, 7) is 7.16. The molecule has 0 spiro atoms. The van der Waals surface area contributed by atoms with E-state index in [1.165, 1.54) is 0 Å². The van der Waals surface area contributed by atoms with Gasteiger partial charge in [-0.2, -0.15) is 5.10 Å². The van der Waals surface area contributed by atoms with E-state index in [-0.39, 0.29) is 0 Å². The Kier molecular flexibility index (Phi) is 7.44. The highest BCUT2D eigenvalue weighted by atomic mass is 32.1. The number of anilines is 2. The fourth-order valence-electron chi connectivity index (χ4n) is 3.66. The van der Waals surface area contributed by atoms with E-state index < -0.39 is 0 Å². The van der Waals surface area contributed by atoms with Gasteiger partial charge in [0.1, 0.15) is 17.2 Å². The SMILES string of the molecule is CCOc1ccccc1NC(=S)Nc1c(C)nn(Cc2cccc(Oc3ccccc3)c2)c1C. The van der Waals surface area contributed by atoms with E-state index in [1.54, 1.807) is 0 Å². The van der Waals surface area contributed by atoms with Gasteiger partial charge >= 0.3 is 0 Å². The van der Waals surface area contributed by atoms with E-state index in [0.717, 1.165) is 45.6 Å². The van der Waals surface area contributed by atoms with Crippen LogP contribution in [-0.4, -0.2) is 21.5 Å². The average Bonchev–Trinajstić information content (AvgIpc) is 3.08. The van der Waals surface area contributed by atoms with Crippen molar-refractivity contribution in [1.82, 2.24) is 9.78 Å². The molecule has 0 atom stereocenters. The van der Waals surface area contributed by atoms with E-state index in [4.69, 9.17) is 26.8 Å². The first-order chi connectivity index (χ1) is 16.5. The van der Waals surface area contributed by atoms with E-state index in [9.17, 15) is 0 Å². The molecule has 0 fully saturated rings. The van der Waals surface area contributed by atoms with Gasteiger partial charge in [0.25, 0.3) is 0 Å². The van der Waals surface area contributed by atoms with E-state index in [0.29, 0.717) is 18.3 Å². The molecular weight excluding hydrogens is 444 g/mol. The predicted octanol–water partition coefficient (Wildman–Crippen LogP) is 6.55. The molecule has 174 valence electrons. The molecule has 0 amide bonds. The first-order valence-corrected chi connectivity index (χ1v) is 11.6. The molecule has 0 saturated carbocycles. The molecule has 2 N–H and O–H groups in total. The van der Waals surface area contributed by atoms with Crippen LogP contribution >= 0.6 is 12.2 Å².